The van der Waals surface area contributed by atoms with Gasteiger partial charge in [-0.3, -0.25) is 4.79 Å². The van der Waals surface area contributed by atoms with Crippen LogP contribution in [0, 0.1) is 0 Å². The van der Waals surface area contributed by atoms with Crippen molar-refractivity contribution in [3.05, 3.63) is 0 Å². The van der Waals surface area contributed by atoms with Crippen LogP contribution in [-0.2, 0) is 25.2 Å². The average Bonchev–Trinajstić information content (AvgIpc) is 2.10. The lowest BCUT2D eigenvalue weighted by molar-refractivity contribution is -0.144. The summed E-state index contributed by atoms with van der Waals surface area (Å²) in [5.41, 5.74) is 0. The normalized spacial score (nSPS) is 12.4. The minimum absolute atomic E-state index is 0.201. The molecule has 4 nitrogen and oxygen atoms in total. The standard InChI is InChI=1S/C9H17NO3S/c1-7(11)10-8(9(12)13-2)5-6-14(3)4/h8H,5-6H2,1-4H3/p+1/t8-/m1/s1. The number of methoxy groups -OCH3 is 1. The van der Waals surface area contributed by atoms with E-state index in [0.717, 1.165) is 5.75 Å². The Bertz CT molecular complexity index is 206. The number of rotatable bonds is 5. The van der Waals surface area contributed by atoms with E-state index in [1.54, 1.807) is 0 Å². The van der Waals surface area contributed by atoms with Gasteiger partial charge in [-0.1, -0.05) is 0 Å². The van der Waals surface area contributed by atoms with E-state index in [1.807, 2.05) is 0 Å². The van der Waals surface area contributed by atoms with Crippen LogP contribution in [0.4, 0.5) is 0 Å². The third-order valence-electron chi connectivity index (χ3n) is 1.68. The zero-order valence-corrected chi connectivity index (χ0v) is 9.94. The quantitative estimate of drug-likeness (QED) is 0.521. The van der Waals surface area contributed by atoms with Crippen molar-refractivity contribution in [3.63, 3.8) is 0 Å². The van der Waals surface area contributed by atoms with Crippen LogP contribution in [0.15, 0.2) is 0 Å². The Morgan fingerprint density at radius 1 is 1.43 bits per heavy atom. The van der Waals surface area contributed by atoms with Crippen LogP contribution in [0.5, 0.6) is 0 Å². The van der Waals surface area contributed by atoms with Gasteiger partial charge in [0.1, 0.15) is 11.8 Å². The molecule has 0 heterocycles. The van der Waals surface area contributed by atoms with E-state index in [-0.39, 0.29) is 22.8 Å². The molecule has 1 N–H and O–H groups in total. The predicted molar refractivity (Wildman–Crippen MR) is 58.3 cm³/mol. The van der Waals surface area contributed by atoms with Gasteiger partial charge in [-0.25, -0.2) is 4.79 Å². The molecule has 0 aliphatic carbocycles. The van der Waals surface area contributed by atoms with Crippen LogP contribution in [-0.4, -0.2) is 43.3 Å². The maximum Gasteiger partial charge on any atom is 0.328 e. The zero-order valence-electron chi connectivity index (χ0n) is 9.12. The Morgan fingerprint density at radius 3 is 2.36 bits per heavy atom. The Labute approximate surface area is 87.7 Å². The first kappa shape index (κ1) is 13.3. The summed E-state index contributed by atoms with van der Waals surface area (Å²) in [6, 6.07) is -0.493. The molecule has 1 atom stereocenters. The lowest BCUT2D eigenvalue weighted by Gasteiger charge is -2.13. The molecule has 0 saturated carbocycles. The molecule has 0 aromatic heterocycles. The Balaban J connectivity index is 4.10. The molecule has 1 amide bonds. The number of amides is 1. The van der Waals surface area contributed by atoms with Crippen molar-refractivity contribution in [2.75, 3.05) is 25.4 Å². The maximum absolute atomic E-state index is 11.2. The lowest BCUT2D eigenvalue weighted by Crippen LogP contribution is -2.41. The highest BCUT2D eigenvalue weighted by atomic mass is 32.2. The van der Waals surface area contributed by atoms with E-state index in [0.29, 0.717) is 6.42 Å². The first-order valence-corrected chi connectivity index (χ1v) is 6.57. The fourth-order valence-corrected chi connectivity index (χ4v) is 1.70. The van der Waals surface area contributed by atoms with Crippen molar-refractivity contribution >= 4 is 22.8 Å². The first-order valence-electron chi connectivity index (χ1n) is 4.36. The summed E-state index contributed by atoms with van der Waals surface area (Å²) in [7, 11) is 1.60. The number of nitrogens with one attached hydrogen (secondary N) is 1. The van der Waals surface area contributed by atoms with E-state index in [4.69, 9.17) is 0 Å². The number of hydrogen-bond acceptors (Lipinski definition) is 3. The second-order valence-corrected chi connectivity index (χ2v) is 5.63. The summed E-state index contributed by atoms with van der Waals surface area (Å²) < 4.78 is 4.59. The van der Waals surface area contributed by atoms with Gasteiger partial charge >= 0.3 is 5.97 Å². The summed E-state index contributed by atoms with van der Waals surface area (Å²) in [6.45, 7) is 1.40. The van der Waals surface area contributed by atoms with E-state index in [2.05, 4.69) is 22.6 Å². The molecule has 5 heteroatoms. The smallest absolute Gasteiger partial charge is 0.328 e. The van der Waals surface area contributed by atoms with Crippen molar-refractivity contribution in [2.24, 2.45) is 0 Å². The summed E-state index contributed by atoms with van der Waals surface area (Å²) in [4.78, 5) is 22.0. The van der Waals surface area contributed by atoms with E-state index in [1.165, 1.54) is 14.0 Å². The molecular weight excluding hydrogens is 202 g/mol. The van der Waals surface area contributed by atoms with Gasteiger partial charge in [0.25, 0.3) is 0 Å². The molecule has 82 valence electrons. The third-order valence-corrected chi connectivity index (χ3v) is 2.73. The monoisotopic (exact) mass is 220 g/mol. The number of hydrogen-bond donors (Lipinski definition) is 1. The van der Waals surface area contributed by atoms with Crippen LogP contribution < -0.4 is 5.32 Å². The van der Waals surface area contributed by atoms with Crippen LogP contribution >= 0.6 is 0 Å². The molecule has 0 aromatic rings. The van der Waals surface area contributed by atoms with E-state index >= 15 is 0 Å². The molecule has 0 unspecified atom stereocenters. The highest BCUT2D eigenvalue weighted by Crippen LogP contribution is 1.99. The summed E-state index contributed by atoms with van der Waals surface area (Å²) >= 11 is 0. The van der Waals surface area contributed by atoms with Crippen LogP contribution in [0.25, 0.3) is 0 Å². The summed E-state index contributed by atoms with van der Waals surface area (Å²) in [5, 5.41) is 2.58. The van der Waals surface area contributed by atoms with Gasteiger partial charge in [0.15, 0.2) is 0 Å². The molecular formula is C9H18NO3S+. The van der Waals surface area contributed by atoms with Gasteiger partial charge in [-0.05, 0) is 10.9 Å². The molecule has 0 aromatic carbocycles. The van der Waals surface area contributed by atoms with Crippen molar-refractivity contribution in [2.45, 2.75) is 19.4 Å². The van der Waals surface area contributed by atoms with Gasteiger partial charge in [-0.2, -0.15) is 0 Å². The summed E-state index contributed by atoms with van der Waals surface area (Å²) in [5.74, 6) is 0.346. The number of carbonyl (C=O) groups excluding carboxylic acids is 2. The Hall–Kier alpha value is -0.710. The van der Waals surface area contributed by atoms with E-state index in [9.17, 15) is 9.59 Å². The fraction of sp³-hybridized carbons (Fsp3) is 0.778. The minimum atomic E-state index is -0.493. The SMILES string of the molecule is COC(=O)[C@@H](CC[S+](C)C)NC(C)=O. The van der Waals surface area contributed by atoms with Crippen LogP contribution in [0.3, 0.4) is 0 Å². The van der Waals surface area contributed by atoms with E-state index < -0.39 is 6.04 Å². The molecule has 0 rings (SSSR count). The second-order valence-electron chi connectivity index (χ2n) is 3.25. The number of esters is 1. The van der Waals surface area contributed by atoms with Gasteiger partial charge in [-0.15, -0.1) is 0 Å². The molecule has 0 fully saturated rings. The number of ether oxygens (including phenoxy) is 1. The average molecular weight is 220 g/mol. The zero-order chi connectivity index (χ0) is 11.1. The lowest BCUT2D eigenvalue weighted by atomic mass is 10.2. The topological polar surface area (TPSA) is 55.4 Å². The van der Waals surface area contributed by atoms with Gasteiger partial charge in [0, 0.05) is 13.3 Å². The largest absolute Gasteiger partial charge is 0.467 e. The van der Waals surface area contributed by atoms with Crippen molar-refractivity contribution in [1.82, 2.24) is 5.32 Å². The maximum atomic E-state index is 11.2. The predicted octanol–water partition coefficient (Wildman–Crippen LogP) is -0.0679. The van der Waals surface area contributed by atoms with Crippen molar-refractivity contribution in [3.8, 4) is 0 Å². The van der Waals surface area contributed by atoms with Gasteiger partial charge in [0.05, 0.1) is 19.6 Å². The molecule has 0 saturated heterocycles. The first-order chi connectivity index (χ1) is 6.47. The van der Waals surface area contributed by atoms with Gasteiger partial charge in [0.2, 0.25) is 5.91 Å². The van der Waals surface area contributed by atoms with Crippen molar-refractivity contribution in [1.29, 1.82) is 0 Å². The van der Waals surface area contributed by atoms with Crippen LogP contribution in [0.2, 0.25) is 0 Å². The Morgan fingerprint density at radius 2 is 2.00 bits per heavy atom. The number of carbonyl (C=O) groups is 2. The molecule has 0 bridgehead atoms. The molecule has 0 aliphatic heterocycles. The molecule has 0 spiro atoms. The molecule has 14 heavy (non-hydrogen) atoms. The molecule has 0 aliphatic rings. The van der Waals surface area contributed by atoms with Gasteiger partial charge < -0.3 is 10.1 Å². The second kappa shape index (κ2) is 6.70. The van der Waals surface area contributed by atoms with Crippen molar-refractivity contribution < 1.29 is 14.3 Å². The minimum Gasteiger partial charge on any atom is -0.467 e. The third kappa shape index (κ3) is 5.85. The van der Waals surface area contributed by atoms with Crippen LogP contribution in [0.1, 0.15) is 13.3 Å². The fourth-order valence-electron chi connectivity index (χ4n) is 0.990. The highest BCUT2D eigenvalue weighted by Gasteiger charge is 2.21. The summed E-state index contributed by atoms with van der Waals surface area (Å²) in [6.07, 6.45) is 4.84. The Kier molecular flexibility index (Phi) is 6.36. The highest BCUT2D eigenvalue weighted by molar-refractivity contribution is 7.95. The molecule has 0 radical (unpaired) electrons.